The van der Waals surface area contributed by atoms with Gasteiger partial charge in [-0.3, -0.25) is 9.59 Å². The maximum atomic E-state index is 11.6. The van der Waals surface area contributed by atoms with E-state index in [0.717, 1.165) is 10.9 Å². The van der Waals surface area contributed by atoms with Gasteiger partial charge in [-0.05, 0) is 23.6 Å². The number of aromatic amines is 1. The number of hydrogen-bond donors (Lipinski definition) is 2. The molecule has 0 unspecified atom stereocenters. The molecule has 2 rings (SSSR count). The molecule has 5 heteroatoms. The number of anilines is 1. The molecule has 94 valence electrons. The first-order chi connectivity index (χ1) is 8.69. The lowest BCUT2D eigenvalue weighted by Gasteiger charge is -2.04. The predicted molar refractivity (Wildman–Crippen MR) is 68.2 cm³/mol. The molecule has 0 bridgehead atoms. The van der Waals surface area contributed by atoms with Crippen LogP contribution in [0.15, 0.2) is 30.5 Å². The standard InChI is InChI=1S/C13H14N2O3/c1-18-13(17)5-4-12(16)15-10-3-2-9-6-7-14-11(9)8-10/h2-3,6-8,14H,4-5H2,1H3,(H,15,16). The molecule has 0 saturated heterocycles. The number of methoxy groups -OCH3 is 1. The number of carbonyl (C=O) groups excluding carboxylic acids is 2. The third-order valence-electron chi connectivity index (χ3n) is 2.62. The van der Waals surface area contributed by atoms with E-state index in [-0.39, 0.29) is 24.7 Å². The Morgan fingerprint density at radius 2 is 2.11 bits per heavy atom. The monoisotopic (exact) mass is 246 g/mol. The van der Waals surface area contributed by atoms with E-state index in [1.54, 1.807) is 0 Å². The zero-order valence-corrected chi connectivity index (χ0v) is 10.0. The smallest absolute Gasteiger partial charge is 0.306 e. The second-order valence-corrected chi connectivity index (χ2v) is 3.90. The molecule has 2 N–H and O–H groups in total. The van der Waals surface area contributed by atoms with Gasteiger partial charge in [-0.15, -0.1) is 0 Å². The number of amides is 1. The summed E-state index contributed by atoms with van der Waals surface area (Å²) in [7, 11) is 1.30. The fraction of sp³-hybridized carbons (Fsp3) is 0.231. The van der Waals surface area contributed by atoms with E-state index in [4.69, 9.17) is 0 Å². The molecule has 0 saturated carbocycles. The van der Waals surface area contributed by atoms with Gasteiger partial charge < -0.3 is 15.0 Å². The van der Waals surface area contributed by atoms with Crippen LogP contribution >= 0.6 is 0 Å². The van der Waals surface area contributed by atoms with Gasteiger partial charge in [-0.1, -0.05) is 6.07 Å². The molecule has 1 amide bonds. The SMILES string of the molecule is COC(=O)CCC(=O)Nc1ccc2cc[nH]c2c1. The second-order valence-electron chi connectivity index (χ2n) is 3.90. The Kier molecular flexibility index (Phi) is 3.62. The minimum Gasteiger partial charge on any atom is -0.469 e. The van der Waals surface area contributed by atoms with Crippen LogP contribution in [0.25, 0.3) is 10.9 Å². The Morgan fingerprint density at radius 1 is 1.28 bits per heavy atom. The summed E-state index contributed by atoms with van der Waals surface area (Å²) in [5.74, 6) is -0.587. The van der Waals surface area contributed by atoms with Gasteiger partial charge in [0.25, 0.3) is 0 Å². The Balaban J connectivity index is 1.96. The van der Waals surface area contributed by atoms with E-state index in [9.17, 15) is 9.59 Å². The molecule has 0 aliphatic heterocycles. The van der Waals surface area contributed by atoms with Crippen molar-refractivity contribution >= 4 is 28.5 Å². The van der Waals surface area contributed by atoms with Crippen molar-refractivity contribution < 1.29 is 14.3 Å². The fourth-order valence-corrected chi connectivity index (χ4v) is 1.67. The van der Waals surface area contributed by atoms with Crippen LogP contribution in [0.4, 0.5) is 5.69 Å². The van der Waals surface area contributed by atoms with Crippen LogP contribution in [0.3, 0.4) is 0 Å². The fourth-order valence-electron chi connectivity index (χ4n) is 1.67. The summed E-state index contributed by atoms with van der Waals surface area (Å²) in [6.45, 7) is 0. The third-order valence-corrected chi connectivity index (χ3v) is 2.62. The number of H-pyrrole nitrogens is 1. The van der Waals surface area contributed by atoms with Gasteiger partial charge in [-0.2, -0.15) is 0 Å². The van der Waals surface area contributed by atoms with E-state index in [1.165, 1.54) is 7.11 Å². The van der Waals surface area contributed by atoms with Gasteiger partial charge >= 0.3 is 5.97 Å². The van der Waals surface area contributed by atoms with Crippen LogP contribution < -0.4 is 5.32 Å². The van der Waals surface area contributed by atoms with Crippen molar-refractivity contribution in [2.45, 2.75) is 12.8 Å². The highest BCUT2D eigenvalue weighted by atomic mass is 16.5. The summed E-state index contributed by atoms with van der Waals surface area (Å²) in [6, 6.07) is 7.55. The number of nitrogens with one attached hydrogen (secondary N) is 2. The molecular formula is C13H14N2O3. The van der Waals surface area contributed by atoms with E-state index in [1.807, 2.05) is 30.5 Å². The largest absolute Gasteiger partial charge is 0.469 e. The molecule has 0 fully saturated rings. The minimum absolute atomic E-state index is 0.0904. The number of benzene rings is 1. The maximum absolute atomic E-state index is 11.6. The average molecular weight is 246 g/mol. The van der Waals surface area contributed by atoms with Crippen LogP contribution in [-0.4, -0.2) is 24.0 Å². The van der Waals surface area contributed by atoms with Crippen molar-refractivity contribution in [3.05, 3.63) is 30.5 Å². The van der Waals surface area contributed by atoms with Gasteiger partial charge in [0, 0.05) is 23.8 Å². The molecule has 1 aromatic carbocycles. The summed E-state index contributed by atoms with van der Waals surface area (Å²) in [5.41, 5.74) is 1.67. The quantitative estimate of drug-likeness (QED) is 0.811. The van der Waals surface area contributed by atoms with Crippen molar-refractivity contribution in [2.75, 3.05) is 12.4 Å². The highest BCUT2D eigenvalue weighted by Crippen LogP contribution is 2.17. The van der Waals surface area contributed by atoms with Crippen LogP contribution in [0.2, 0.25) is 0 Å². The summed E-state index contributed by atoms with van der Waals surface area (Å²) in [6.07, 6.45) is 2.05. The van der Waals surface area contributed by atoms with Gasteiger partial charge in [-0.25, -0.2) is 0 Å². The summed E-state index contributed by atoms with van der Waals surface area (Å²) in [5, 5.41) is 3.82. The van der Waals surface area contributed by atoms with Crippen molar-refractivity contribution in [3.8, 4) is 0 Å². The lowest BCUT2D eigenvalue weighted by Crippen LogP contribution is -2.13. The first kappa shape index (κ1) is 12.2. The Labute approximate surface area is 104 Å². The van der Waals surface area contributed by atoms with Gasteiger partial charge in [0.1, 0.15) is 0 Å². The number of fused-ring (bicyclic) bond motifs is 1. The normalized spacial score (nSPS) is 10.3. The Morgan fingerprint density at radius 3 is 2.89 bits per heavy atom. The molecular weight excluding hydrogens is 232 g/mol. The Hall–Kier alpha value is -2.30. The number of esters is 1. The zero-order valence-electron chi connectivity index (χ0n) is 10.0. The highest BCUT2D eigenvalue weighted by molar-refractivity contribution is 5.94. The molecule has 0 atom stereocenters. The van der Waals surface area contributed by atoms with E-state index >= 15 is 0 Å². The number of ether oxygens (including phenoxy) is 1. The van der Waals surface area contributed by atoms with Crippen molar-refractivity contribution in [3.63, 3.8) is 0 Å². The van der Waals surface area contributed by atoms with Crippen LogP contribution in [0.1, 0.15) is 12.8 Å². The Bertz CT molecular complexity index is 574. The molecule has 0 aliphatic carbocycles. The molecule has 2 aromatic rings. The zero-order chi connectivity index (χ0) is 13.0. The predicted octanol–water partition coefficient (Wildman–Crippen LogP) is 2.06. The van der Waals surface area contributed by atoms with E-state index in [2.05, 4.69) is 15.0 Å². The summed E-state index contributed by atoms with van der Waals surface area (Å²) in [4.78, 5) is 25.5. The number of hydrogen-bond acceptors (Lipinski definition) is 3. The van der Waals surface area contributed by atoms with Gasteiger partial charge in [0.15, 0.2) is 0 Å². The first-order valence-corrected chi connectivity index (χ1v) is 5.63. The van der Waals surface area contributed by atoms with E-state index in [0.29, 0.717) is 5.69 Å². The summed E-state index contributed by atoms with van der Waals surface area (Å²) >= 11 is 0. The van der Waals surface area contributed by atoms with Crippen LogP contribution in [0.5, 0.6) is 0 Å². The molecule has 5 nitrogen and oxygen atoms in total. The average Bonchev–Trinajstić information content (AvgIpc) is 2.83. The van der Waals surface area contributed by atoms with Crippen LogP contribution in [-0.2, 0) is 14.3 Å². The van der Waals surface area contributed by atoms with Gasteiger partial charge in [0.2, 0.25) is 5.91 Å². The number of carbonyl (C=O) groups is 2. The van der Waals surface area contributed by atoms with Gasteiger partial charge in [0.05, 0.1) is 13.5 Å². The summed E-state index contributed by atoms with van der Waals surface area (Å²) < 4.78 is 4.47. The van der Waals surface area contributed by atoms with Crippen LogP contribution in [0, 0.1) is 0 Å². The van der Waals surface area contributed by atoms with Crippen molar-refractivity contribution in [1.29, 1.82) is 0 Å². The van der Waals surface area contributed by atoms with E-state index < -0.39 is 0 Å². The highest BCUT2D eigenvalue weighted by Gasteiger charge is 2.07. The molecule has 0 spiro atoms. The molecule has 0 radical (unpaired) electrons. The molecule has 0 aliphatic rings. The number of rotatable bonds is 4. The second kappa shape index (κ2) is 5.35. The molecule has 1 aromatic heterocycles. The molecule has 18 heavy (non-hydrogen) atoms. The lowest BCUT2D eigenvalue weighted by molar-refractivity contribution is -0.141. The van der Waals surface area contributed by atoms with Crippen molar-refractivity contribution in [1.82, 2.24) is 4.98 Å². The maximum Gasteiger partial charge on any atom is 0.306 e. The third kappa shape index (κ3) is 2.88. The molecule has 1 heterocycles. The van der Waals surface area contributed by atoms with Crippen molar-refractivity contribution in [2.24, 2.45) is 0 Å². The number of aromatic nitrogens is 1. The first-order valence-electron chi connectivity index (χ1n) is 5.63. The lowest BCUT2D eigenvalue weighted by atomic mass is 10.2. The minimum atomic E-state index is -0.384. The topological polar surface area (TPSA) is 71.2 Å².